The number of ketones is 1. The highest BCUT2D eigenvalue weighted by molar-refractivity contribution is 6.08. The summed E-state index contributed by atoms with van der Waals surface area (Å²) in [6.45, 7) is 4.18. The SMILES string of the molecule is CC(C)CC(=O)C1=C(O)C(=O)N(Cc2ccccc2)C1c1cccnc1. The number of pyridine rings is 1. The summed E-state index contributed by atoms with van der Waals surface area (Å²) in [5.74, 6) is -1.03. The minimum absolute atomic E-state index is 0.135. The molecule has 1 unspecified atom stereocenters. The summed E-state index contributed by atoms with van der Waals surface area (Å²) in [5.41, 5.74) is 1.82. The topological polar surface area (TPSA) is 70.5 Å². The first-order valence-corrected chi connectivity index (χ1v) is 8.70. The van der Waals surface area contributed by atoms with Gasteiger partial charge in [0, 0.05) is 25.4 Å². The van der Waals surface area contributed by atoms with Crippen molar-refractivity contribution in [1.29, 1.82) is 0 Å². The molecule has 0 aliphatic carbocycles. The van der Waals surface area contributed by atoms with E-state index in [1.807, 2.05) is 50.2 Å². The van der Waals surface area contributed by atoms with Crippen LogP contribution < -0.4 is 0 Å². The van der Waals surface area contributed by atoms with Crippen LogP contribution in [0.2, 0.25) is 0 Å². The summed E-state index contributed by atoms with van der Waals surface area (Å²) < 4.78 is 0. The summed E-state index contributed by atoms with van der Waals surface area (Å²) in [5, 5.41) is 10.5. The molecule has 1 aliphatic rings. The highest BCUT2D eigenvalue weighted by atomic mass is 16.3. The number of aliphatic hydroxyl groups is 1. The molecule has 0 bridgehead atoms. The van der Waals surface area contributed by atoms with E-state index in [4.69, 9.17) is 0 Å². The third-order valence-corrected chi connectivity index (χ3v) is 4.39. The molecule has 1 aliphatic heterocycles. The van der Waals surface area contributed by atoms with E-state index in [0.29, 0.717) is 12.1 Å². The standard InChI is InChI=1S/C21H22N2O3/c1-14(2)11-17(24)18-19(16-9-6-10-22-12-16)23(21(26)20(18)25)13-15-7-4-3-5-8-15/h3-10,12,14,19,25H,11,13H2,1-2H3. The zero-order valence-electron chi connectivity index (χ0n) is 14.9. The Morgan fingerprint density at radius 1 is 1.19 bits per heavy atom. The van der Waals surface area contributed by atoms with Gasteiger partial charge in [-0.05, 0) is 23.1 Å². The molecule has 5 nitrogen and oxygen atoms in total. The van der Waals surface area contributed by atoms with E-state index in [9.17, 15) is 14.7 Å². The van der Waals surface area contributed by atoms with Crippen LogP contribution in [-0.4, -0.2) is 26.7 Å². The number of benzene rings is 1. The van der Waals surface area contributed by atoms with Crippen LogP contribution >= 0.6 is 0 Å². The number of rotatable bonds is 6. The van der Waals surface area contributed by atoms with E-state index >= 15 is 0 Å². The van der Waals surface area contributed by atoms with Crippen molar-refractivity contribution in [3.8, 4) is 0 Å². The van der Waals surface area contributed by atoms with Crippen LogP contribution in [0, 0.1) is 5.92 Å². The molecule has 2 aromatic rings. The van der Waals surface area contributed by atoms with Crippen molar-refractivity contribution in [2.75, 3.05) is 0 Å². The lowest BCUT2D eigenvalue weighted by Crippen LogP contribution is -2.30. The largest absolute Gasteiger partial charge is 0.503 e. The van der Waals surface area contributed by atoms with E-state index in [0.717, 1.165) is 5.56 Å². The zero-order valence-corrected chi connectivity index (χ0v) is 14.9. The van der Waals surface area contributed by atoms with Crippen molar-refractivity contribution in [3.05, 3.63) is 77.3 Å². The highest BCUT2D eigenvalue weighted by Crippen LogP contribution is 2.39. The number of carbonyl (C=O) groups is 2. The molecule has 26 heavy (non-hydrogen) atoms. The summed E-state index contributed by atoms with van der Waals surface area (Å²) in [6.07, 6.45) is 3.56. The molecule has 0 fully saturated rings. The van der Waals surface area contributed by atoms with E-state index in [1.165, 1.54) is 4.90 Å². The van der Waals surface area contributed by atoms with Crippen LogP contribution in [-0.2, 0) is 16.1 Å². The molecular formula is C21H22N2O3. The number of nitrogens with zero attached hydrogens (tertiary/aromatic N) is 2. The third kappa shape index (κ3) is 3.52. The van der Waals surface area contributed by atoms with Crippen LogP contribution in [0.15, 0.2) is 66.2 Å². The van der Waals surface area contributed by atoms with Gasteiger partial charge in [0.05, 0.1) is 11.6 Å². The Bertz CT molecular complexity index is 829. The molecule has 1 aromatic heterocycles. The van der Waals surface area contributed by atoms with Gasteiger partial charge in [0.15, 0.2) is 11.5 Å². The average Bonchev–Trinajstić information content (AvgIpc) is 2.88. The van der Waals surface area contributed by atoms with Gasteiger partial charge in [-0.25, -0.2) is 0 Å². The summed E-state index contributed by atoms with van der Waals surface area (Å²) in [7, 11) is 0. The number of hydrogen-bond acceptors (Lipinski definition) is 4. The maximum absolute atomic E-state index is 12.8. The molecule has 0 saturated heterocycles. The van der Waals surface area contributed by atoms with Crippen molar-refractivity contribution in [2.45, 2.75) is 32.9 Å². The molecule has 1 amide bonds. The fourth-order valence-electron chi connectivity index (χ4n) is 3.25. The Morgan fingerprint density at radius 2 is 1.92 bits per heavy atom. The zero-order chi connectivity index (χ0) is 18.7. The van der Waals surface area contributed by atoms with Crippen LogP contribution in [0.4, 0.5) is 0 Å². The number of amides is 1. The highest BCUT2D eigenvalue weighted by Gasteiger charge is 2.43. The van der Waals surface area contributed by atoms with Gasteiger partial charge in [-0.15, -0.1) is 0 Å². The molecular weight excluding hydrogens is 328 g/mol. The van der Waals surface area contributed by atoms with Crippen molar-refractivity contribution < 1.29 is 14.7 Å². The second kappa shape index (κ2) is 7.52. The van der Waals surface area contributed by atoms with Crippen molar-refractivity contribution in [1.82, 2.24) is 9.88 Å². The molecule has 5 heteroatoms. The van der Waals surface area contributed by atoms with Crippen molar-refractivity contribution in [2.24, 2.45) is 5.92 Å². The normalized spacial score (nSPS) is 17.3. The number of hydrogen-bond donors (Lipinski definition) is 1. The molecule has 1 aromatic carbocycles. The van der Waals surface area contributed by atoms with Crippen LogP contribution in [0.5, 0.6) is 0 Å². The van der Waals surface area contributed by atoms with Gasteiger partial charge in [0.25, 0.3) is 5.91 Å². The monoisotopic (exact) mass is 350 g/mol. The van der Waals surface area contributed by atoms with Gasteiger partial charge in [0.2, 0.25) is 0 Å². The van der Waals surface area contributed by atoms with Crippen LogP contribution in [0.3, 0.4) is 0 Å². The Balaban J connectivity index is 2.02. The lowest BCUT2D eigenvalue weighted by atomic mass is 9.93. The summed E-state index contributed by atoms with van der Waals surface area (Å²) >= 11 is 0. The minimum atomic E-state index is -0.623. The van der Waals surface area contributed by atoms with Gasteiger partial charge in [-0.2, -0.15) is 0 Å². The van der Waals surface area contributed by atoms with Crippen molar-refractivity contribution >= 4 is 11.7 Å². The lowest BCUT2D eigenvalue weighted by molar-refractivity contribution is -0.130. The Labute approximate surface area is 153 Å². The second-order valence-electron chi connectivity index (χ2n) is 6.89. The summed E-state index contributed by atoms with van der Waals surface area (Å²) in [6, 6.07) is 12.5. The van der Waals surface area contributed by atoms with E-state index in [2.05, 4.69) is 4.98 Å². The molecule has 134 valence electrons. The number of aliphatic hydroxyl groups excluding tert-OH is 1. The minimum Gasteiger partial charge on any atom is -0.503 e. The maximum Gasteiger partial charge on any atom is 0.290 e. The van der Waals surface area contributed by atoms with Crippen LogP contribution in [0.25, 0.3) is 0 Å². The summed E-state index contributed by atoms with van der Waals surface area (Å²) in [4.78, 5) is 31.2. The van der Waals surface area contributed by atoms with E-state index in [1.54, 1.807) is 18.5 Å². The molecule has 0 radical (unpaired) electrons. The van der Waals surface area contributed by atoms with Gasteiger partial charge >= 0.3 is 0 Å². The lowest BCUT2D eigenvalue weighted by Gasteiger charge is -2.27. The Hall–Kier alpha value is -2.95. The molecule has 0 spiro atoms. The fraction of sp³-hybridized carbons (Fsp3) is 0.286. The van der Waals surface area contributed by atoms with Crippen LogP contribution in [0.1, 0.15) is 37.4 Å². The van der Waals surface area contributed by atoms with E-state index < -0.39 is 17.7 Å². The number of aromatic nitrogens is 1. The third-order valence-electron chi connectivity index (χ3n) is 4.39. The van der Waals surface area contributed by atoms with Gasteiger partial charge in [-0.3, -0.25) is 14.6 Å². The second-order valence-corrected chi connectivity index (χ2v) is 6.89. The Kier molecular flexibility index (Phi) is 5.16. The van der Waals surface area contributed by atoms with Gasteiger partial charge in [-0.1, -0.05) is 50.2 Å². The quantitative estimate of drug-likeness (QED) is 0.864. The van der Waals surface area contributed by atoms with Gasteiger partial charge in [0.1, 0.15) is 0 Å². The molecule has 3 rings (SSSR count). The van der Waals surface area contributed by atoms with E-state index in [-0.39, 0.29) is 23.7 Å². The number of carbonyl (C=O) groups excluding carboxylic acids is 2. The predicted octanol–water partition coefficient (Wildman–Crippen LogP) is 3.59. The molecule has 1 atom stereocenters. The smallest absolute Gasteiger partial charge is 0.290 e. The number of Topliss-reactive ketones (excluding diaryl/α,β-unsaturated/α-hetero) is 1. The fourth-order valence-corrected chi connectivity index (χ4v) is 3.25. The average molecular weight is 350 g/mol. The molecule has 2 heterocycles. The first-order valence-electron chi connectivity index (χ1n) is 8.70. The first kappa shape index (κ1) is 17.9. The van der Waals surface area contributed by atoms with Crippen molar-refractivity contribution in [3.63, 3.8) is 0 Å². The maximum atomic E-state index is 12.8. The Morgan fingerprint density at radius 3 is 2.54 bits per heavy atom. The van der Waals surface area contributed by atoms with Gasteiger partial charge < -0.3 is 10.0 Å². The molecule has 1 N–H and O–H groups in total. The molecule has 0 saturated carbocycles. The predicted molar refractivity (Wildman–Crippen MR) is 98.1 cm³/mol. The first-order chi connectivity index (χ1) is 12.5.